The smallest absolute Gasteiger partial charge is 0.0547 e. The molecule has 9 aromatic rings. The van der Waals surface area contributed by atoms with E-state index in [1.807, 2.05) is 0 Å². The summed E-state index contributed by atoms with van der Waals surface area (Å²) in [4.78, 5) is 2.42. The van der Waals surface area contributed by atoms with E-state index in [2.05, 4.69) is 193 Å². The fourth-order valence-corrected chi connectivity index (χ4v) is 8.26. The van der Waals surface area contributed by atoms with Crippen LogP contribution in [0.1, 0.15) is 25.0 Å². The summed E-state index contributed by atoms with van der Waals surface area (Å²) in [6.07, 6.45) is 0. The summed E-state index contributed by atoms with van der Waals surface area (Å²) in [6.45, 7) is 4.75. The number of rotatable bonds is 4. The molecule has 10 rings (SSSR count). The minimum atomic E-state index is -0.124. The largest absolute Gasteiger partial charge is 0.310 e. The van der Waals surface area contributed by atoms with Gasteiger partial charge in [-0.05, 0) is 123 Å². The molecule has 2 heteroatoms. The average Bonchev–Trinajstić information content (AvgIpc) is 3.57. The SMILES string of the molecule is CC1(C)c2cc(N(c3ccccc3)c3ccc4c(c3)c3cc5ccccc5cc3n4-c3ccccc3)ccc2-c2cc3ccccc3cc21. The Kier molecular flexibility index (Phi) is 5.95. The molecule has 1 aromatic heterocycles. The lowest BCUT2D eigenvalue weighted by molar-refractivity contribution is 0.661. The van der Waals surface area contributed by atoms with Crippen LogP contribution in [-0.2, 0) is 5.41 Å². The molecule has 0 aliphatic heterocycles. The second-order valence-electron chi connectivity index (χ2n) is 13.9. The van der Waals surface area contributed by atoms with Crippen molar-refractivity contribution in [2.75, 3.05) is 4.90 Å². The molecule has 1 aliphatic rings. The lowest BCUT2D eigenvalue weighted by Crippen LogP contribution is -2.16. The van der Waals surface area contributed by atoms with E-state index in [1.54, 1.807) is 0 Å². The van der Waals surface area contributed by atoms with Crippen LogP contribution < -0.4 is 4.90 Å². The van der Waals surface area contributed by atoms with E-state index in [-0.39, 0.29) is 5.41 Å². The highest BCUT2D eigenvalue weighted by Crippen LogP contribution is 2.52. The van der Waals surface area contributed by atoms with Crippen LogP contribution in [0.2, 0.25) is 0 Å². The summed E-state index contributed by atoms with van der Waals surface area (Å²) in [5, 5.41) is 7.57. The molecular weight excluding hydrogens is 593 g/mol. The minimum Gasteiger partial charge on any atom is -0.310 e. The van der Waals surface area contributed by atoms with Gasteiger partial charge in [0.2, 0.25) is 0 Å². The summed E-state index contributed by atoms with van der Waals surface area (Å²) >= 11 is 0. The van der Waals surface area contributed by atoms with Gasteiger partial charge in [-0.1, -0.05) is 105 Å². The predicted octanol–water partition coefficient (Wildman–Crippen LogP) is 12.9. The van der Waals surface area contributed by atoms with Crippen molar-refractivity contribution in [2.45, 2.75) is 19.3 Å². The lowest BCUT2D eigenvalue weighted by Gasteiger charge is -2.28. The summed E-state index contributed by atoms with van der Waals surface area (Å²) in [5.74, 6) is 0. The number of nitrogens with zero attached hydrogens (tertiary/aromatic N) is 2. The first-order valence-corrected chi connectivity index (χ1v) is 17.1. The van der Waals surface area contributed by atoms with Crippen LogP contribution in [0.3, 0.4) is 0 Å². The molecule has 0 atom stereocenters. The highest BCUT2D eigenvalue weighted by atomic mass is 15.1. The van der Waals surface area contributed by atoms with Crippen molar-refractivity contribution in [1.29, 1.82) is 0 Å². The van der Waals surface area contributed by atoms with Crippen molar-refractivity contribution < 1.29 is 0 Å². The van der Waals surface area contributed by atoms with Gasteiger partial charge in [0.15, 0.2) is 0 Å². The Morgan fingerprint density at radius 3 is 1.69 bits per heavy atom. The highest BCUT2D eigenvalue weighted by Gasteiger charge is 2.36. The molecule has 0 fully saturated rings. The molecule has 49 heavy (non-hydrogen) atoms. The Labute approximate surface area is 286 Å². The Morgan fingerprint density at radius 1 is 0.408 bits per heavy atom. The Hall–Kier alpha value is -6.12. The summed E-state index contributed by atoms with van der Waals surface area (Å²) in [7, 11) is 0. The minimum absolute atomic E-state index is 0.124. The zero-order chi connectivity index (χ0) is 32.7. The van der Waals surface area contributed by atoms with Crippen molar-refractivity contribution in [1.82, 2.24) is 4.57 Å². The molecule has 0 radical (unpaired) electrons. The van der Waals surface area contributed by atoms with Gasteiger partial charge in [0.1, 0.15) is 0 Å². The van der Waals surface area contributed by atoms with Crippen LogP contribution in [0.25, 0.3) is 60.2 Å². The van der Waals surface area contributed by atoms with Gasteiger partial charge >= 0.3 is 0 Å². The Morgan fingerprint density at radius 2 is 0.959 bits per heavy atom. The zero-order valence-electron chi connectivity index (χ0n) is 27.6. The fraction of sp³-hybridized carbons (Fsp3) is 0.0638. The summed E-state index contributed by atoms with van der Waals surface area (Å²) < 4.78 is 2.41. The van der Waals surface area contributed by atoms with E-state index in [0.29, 0.717) is 0 Å². The number of anilines is 3. The topological polar surface area (TPSA) is 8.17 Å². The van der Waals surface area contributed by atoms with Crippen molar-refractivity contribution in [3.05, 3.63) is 181 Å². The summed E-state index contributed by atoms with van der Waals surface area (Å²) in [5.41, 5.74) is 12.3. The normalized spacial score (nSPS) is 13.3. The molecule has 232 valence electrons. The maximum atomic E-state index is 2.43. The Bertz CT molecular complexity index is 2740. The predicted molar refractivity (Wildman–Crippen MR) is 208 cm³/mol. The first-order valence-electron chi connectivity index (χ1n) is 17.1. The number of para-hydroxylation sites is 2. The van der Waals surface area contributed by atoms with Crippen LogP contribution in [0, 0.1) is 0 Å². The fourth-order valence-electron chi connectivity index (χ4n) is 8.26. The van der Waals surface area contributed by atoms with Crippen LogP contribution in [0.5, 0.6) is 0 Å². The van der Waals surface area contributed by atoms with Crippen LogP contribution in [-0.4, -0.2) is 4.57 Å². The van der Waals surface area contributed by atoms with E-state index >= 15 is 0 Å². The quantitative estimate of drug-likeness (QED) is 0.189. The van der Waals surface area contributed by atoms with E-state index in [4.69, 9.17) is 0 Å². The molecule has 0 bridgehead atoms. The van der Waals surface area contributed by atoms with E-state index in [1.165, 1.54) is 71.3 Å². The van der Waals surface area contributed by atoms with E-state index in [0.717, 1.165) is 17.1 Å². The monoisotopic (exact) mass is 626 g/mol. The highest BCUT2D eigenvalue weighted by molar-refractivity contribution is 6.14. The average molecular weight is 627 g/mol. The van der Waals surface area contributed by atoms with Gasteiger partial charge in [0, 0.05) is 38.9 Å². The second-order valence-corrected chi connectivity index (χ2v) is 13.9. The van der Waals surface area contributed by atoms with Gasteiger partial charge in [0.05, 0.1) is 11.0 Å². The van der Waals surface area contributed by atoms with Gasteiger partial charge < -0.3 is 9.47 Å². The molecule has 0 amide bonds. The number of fused-ring (bicyclic) bond motifs is 8. The lowest BCUT2D eigenvalue weighted by atomic mass is 9.81. The van der Waals surface area contributed by atoms with Crippen LogP contribution in [0.15, 0.2) is 170 Å². The number of hydrogen-bond donors (Lipinski definition) is 0. The van der Waals surface area contributed by atoms with E-state index in [9.17, 15) is 0 Å². The van der Waals surface area contributed by atoms with E-state index < -0.39 is 0 Å². The molecule has 0 unspecified atom stereocenters. The summed E-state index contributed by atoms with van der Waals surface area (Å²) in [6, 6.07) is 62.4. The molecule has 2 nitrogen and oxygen atoms in total. The third kappa shape index (κ3) is 4.20. The van der Waals surface area contributed by atoms with Crippen molar-refractivity contribution in [3.8, 4) is 16.8 Å². The molecule has 1 heterocycles. The molecular formula is C47H34N2. The first-order chi connectivity index (χ1) is 24.0. The number of hydrogen-bond acceptors (Lipinski definition) is 1. The molecule has 0 spiro atoms. The standard InChI is InChI=1S/C47H34N2/c1-47(2)43-27-33-15-11-9-13-31(33)25-40(43)39-23-21-38(30-44(39)47)48(35-17-5-3-6-18-35)37-22-24-45-42(29-37)41-26-32-14-10-12-16-34(32)28-46(41)49(45)36-19-7-4-8-20-36/h3-30H,1-2H3. The van der Waals surface area contributed by atoms with Crippen molar-refractivity contribution >= 4 is 60.4 Å². The second kappa shape index (κ2) is 10.4. The Balaban J connectivity index is 1.20. The van der Waals surface area contributed by atoms with Gasteiger partial charge in [-0.2, -0.15) is 0 Å². The third-order valence-corrected chi connectivity index (χ3v) is 10.7. The van der Waals surface area contributed by atoms with Gasteiger partial charge in [-0.25, -0.2) is 0 Å². The maximum absolute atomic E-state index is 2.43. The van der Waals surface area contributed by atoms with Gasteiger partial charge in [-0.15, -0.1) is 0 Å². The maximum Gasteiger partial charge on any atom is 0.0547 e. The molecule has 0 saturated heterocycles. The van der Waals surface area contributed by atoms with Gasteiger partial charge in [-0.3, -0.25) is 0 Å². The first kappa shape index (κ1) is 27.9. The van der Waals surface area contributed by atoms with Crippen molar-refractivity contribution in [2.24, 2.45) is 0 Å². The number of benzene rings is 8. The van der Waals surface area contributed by atoms with Crippen LogP contribution >= 0.6 is 0 Å². The van der Waals surface area contributed by atoms with Gasteiger partial charge in [0.25, 0.3) is 0 Å². The number of aromatic nitrogens is 1. The van der Waals surface area contributed by atoms with Crippen LogP contribution in [0.4, 0.5) is 17.1 Å². The molecule has 0 saturated carbocycles. The zero-order valence-corrected chi connectivity index (χ0v) is 27.6. The van der Waals surface area contributed by atoms with Crippen molar-refractivity contribution in [3.63, 3.8) is 0 Å². The molecule has 0 N–H and O–H groups in total. The third-order valence-electron chi connectivity index (χ3n) is 10.7. The molecule has 1 aliphatic carbocycles. The molecule has 8 aromatic carbocycles.